The Morgan fingerprint density at radius 2 is 0.560 bits per heavy atom. The van der Waals surface area contributed by atoms with Gasteiger partial charge >= 0.3 is 100 Å². The van der Waals surface area contributed by atoms with Crippen LogP contribution in [0.5, 0.6) is 0 Å². The maximum Gasteiger partial charge on any atom is 0.515 e. The van der Waals surface area contributed by atoms with Crippen LogP contribution in [-0.2, 0) is 72.6 Å². The van der Waals surface area contributed by atoms with Crippen molar-refractivity contribution >= 4 is 142 Å². The number of hydrogen-bond donors (Lipinski definition) is 0. The fourth-order valence-electron chi connectivity index (χ4n) is 11.1. The minimum absolute atomic E-state index is 0.00242. The van der Waals surface area contributed by atoms with Gasteiger partial charge in [0.05, 0.1) is 13.2 Å². The molecule has 12 rings (SSSR count). The summed E-state index contributed by atoms with van der Waals surface area (Å²) in [6.07, 6.45) is 0.518. The van der Waals surface area contributed by atoms with Gasteiger partial charge in [0.1, 0.15) is 0 Å². The van der Waals surface area contributed by atoms with Gasteiger partial charge in [0.25, 0.3) is 0 Å². The van der Waals surface area contributed by atoms with Crippen molar-refractivity contribution in [3.05, 3.63) is 267 Å². The third-order valence-corrected chi connectivity index (χ3v) is 56.5. The SMILES string of the molecule is C=C(C)C(=O)OCCC[Si@@]1(C)O[Si]2(c3ccccc3)O[SiH](c3ccccc3)O[Si]3(c4ccccc4)O[Si](c4ccccc4)(O[Si]4(c5ccccc5)O[Si](c5ccccc5)(O[SiH](c5ccccc5)O[Si@](C)(CCCOC(=O)C(=C)C)O[Si](c5ccccc5)(O3)O4)O2)O1. The van der Waals surface area contributed by atoms with Gasteiger partial charge in [-0.05, 0) is 62.2 Å². The van der Waals surface area contributed by atoms with E-state index in [-0.39, 0.29) is 49.3 Å². The third-order valence-electron chi connectivity index (χ3n) is 15.4. The molecular formula is C64H70O17Si10. The Morgan fingerprint density at radius 1 is 0.330 bits per heavy atom. The lowest BCUT2D eigenvalue weighted by molar-refractivity contribution is -0.139. The molecule has 0 saturated carbocycles. The zero-order valence-electron chi connectivity index (χ0n) is 50.8. The average molecular weight is 1390 g/mol. The first-order chi connectivity index (χ1) is 44.0. The predicted octanol–water partition coefficient (Wildman–Crippen LogP) is 5.75. The normalized spacial score (nSPS) is 29.8. The lowest BCUT2D eigenvalue weighted by Crippen LogP contribution is -2.89. The van der Waals surface area contributed by atoms with Crippen molar-refractivity contribution < 1.29 is 72.6 Å². The monoisotopic (exact) mass is 1390 g/mol. The molecule has 4 saturated heterocycles. The molecule has 4 fully saturated rings. The van der Waals surface area contributed by atoms with Gasteiger partial charge < -0.3 is 63.0 Å². The standard InChI is InChI=1S/C64H70O17Si10/c1-53(2)63(65)67-49-31-51-84(5)69-82(55-33-15-7-16-34-55)70-87(58-39-21-10-22-40-58)76-86(57-37-19-9-20-38-57)71-83(56-35-17-8-18-36-56)72-88(59-41-23-11-24-42-59)77-89(73-84,60-43-25-12-26-44-60)80-91(79-87,62-47-29-14-30-48-62)81-90(78-88,61-45-27-13-28-46-61)75-85(6,74-86)52-32-50-68-64(66)54(3)4/h7-30,33-48,82-83H,1,3,31-32,49-52H2,2,4-6H3/t82?,83?,84-,85-,86?,87?,88?,89?,90?,91?/m0/s1. The molecule has 8 aromatic rings. The van der Waals surface area contributed by atoms with E-state index >= 15 is 0 Å². The summed E-state index contributed by atoms with van der Waals surface area (Å²) in [4.78, 5) is 26.3. The number of rotatable bonds is 18. The predicted molar refractivity (Wildman–Crippen MR) is 365 cm³/mol. The second-order valence-electron chi connectivity index (χ2n) is 22.7. The van der Waals surface area contributed by atoms with Crippen molar-refractivity contribution in [1.29, 1.82) is 0 Å². The van der Waals surface area contributed by atoms with Crippen molar-refractivity contribution in [2.75, 3.05) is 13.2 Å². The van der Waals surface area contributed by atoms with Crippen molar-refractivity contribution in [3.63, 3.8) is 0 Å². The highest BCUT2D eigenvalue weighted by molar-refractivity contribution is 7.09. The summed E-state index contributed by atoms with van der Waals surface area (Å²) < 4.78 is 120. The summed E-state index contributed by atoms with van der Waals surface area (Å²) in [6.45, 7) is 14.8. The van der Waals surface area contributed by atoms with Crippen LogP contribution in [0.3, 0.4) is 0 Å². The molecule has 0 amide bonds. The highest BCUT2D eigenvalue weighted by atomic mass is 28.6. The van der Waals surface area contributed by atoms with E-state index in [1.807, 2.05) is 256 Å². The molecule has 0 N–H and O–H groups in total. The van der Waals surface area contributed by atoms with E-state index in [4.69, 9.17) is 63.0 Å². The Labute approximate surface area is 543 Å². The minimum Gasteiger partial charge on any atom is -0.462 e. The van der Waals surface area contributed by atoms with E-state index in [0.29, 0.717) is 36.3 Å². The summed E-state index contributed by atoms with van der Waals surface area (Å²) in [6, 6.07) is 77.2. The Morgan fingerprint density at radius 3 is 0.890 bits per heavy atom. The van der Waals surface area contributed by atoms with Crippen molar-refractivity contribution in [2.45, 2.75) is 51.9 Å². The average Bonchev–Trinajstić information content (AvgIpc) is 0.695. The fraction of sp³-hybridized carbons (Fsp3) is 0.156. The Kier molecular flexibility index (Phi) is 19.6. The molecule has 4 aliphatic heterocycles. The van der Waals surface area contributed by atoms with E-state index in [2.05, 4.69) is 13.2 Å². The number of fused-ring (bicyclic) bond motifs is 6. The van der Waals surface area contributed by atoms with Gasteiger partial charge in [0, 0.05) is 42.3 Å². The zero-order chi connectivity index (χ0) is 63.2. The molecule has 468 valence electrons. The molecule has 8 aromatic carbocycles. The van der Waals surface area contributed by atoms with Crippen LogP contribution in [0.4, 0.5) is 0 Å². The lowest BCUT2D eigenvalue weighted by atomic mass is 10.4. The maximum absolute atomic E-state index is 13.2. The van der Waals surface area contributed by atoms with Gasteiger partial charge in [-0.3, -0.25) is 0 Å². The topological polar surface area (TPSA) is 173 Å². The minimum atomic E-state index is -5.25. The Hall–Kier alpha value is -6.17. The molecule has 0 aromatic heterocycles. The molecule has 0 radical (unpaired) electrons. The van der Waals surface area contributed by atoms with Gasteiger partial charge in [-0.25, -0.2) is 9.59 Å². The quantitative estimate of drug-likeness (QED) is 0.0440. The second kappa shape index (κ2) is 27.4. The number of carbonyl (C=O) groups excluding carboxylic acids is 2. The molecule has 10 atom stereocenters. The first-order valence-corrected chi connectivity index (χ1v) is 48.5. The van der Waals surface area contributed by atoms with Crippen LogP contribution in [0.25, 0.3) is 0 Å². The molecule has 27 heteroatoms. The van der Waals surface area contributed by atoms with Crippen LogP contribution in [-0.4, -0.2) is 114 Å². The van der Waals surface area contributed by atoms with E-state index < -0.39 is 100 Å². The van der Waals surface area contributed by atoms with E-state index in [1.54, 1.807) is 13.8 Å². The van der Waals surface area contributed by atoms with Gasteiger partial charge in [-0.2, -0.15) is 0 Å². The molecule has 91 heavy (non-hydrogen) atoms. The molecular weight excluding hydrogens is 1320 g/mol. The molecule has 17 nitrogen and oxygen atoms in total. The van der Waals surface area contributed by atoms with Crippen LogP contribution in [0.2, 0.25) is 25.2 Å². The number of esters is 2. The number of benzene rings is 8. The van der Waals surface area contributed by atoms with Crippen molar-refractivity contribution in [3.8, 4) is 0 Å². The summed E-state index contributed by atoms with van der Waals surface area (Å²) >= 11 is 0. The summed E-state index contributed by atoms with van der Waals surface area (Å²) in [7, 11) is -46.4. The van der Waals surface area contributed by atoms with Crippen LogP contribution in [0.1, 0.15) is 26.7 Å². The molecule has 4 heterocycles. The first-order valence-electron chi connectivity index (χ1n) is 30.1. The molecule has 8 unspecified atom stereocenters. The molecule has 0 spiro atoms. The van der Waals surface area contributed by atoms with E-state index in [1.165, 1.54) is 0 Å². The highest BCUT2D eigenvalue weighted by Gasteiger charge is 2.78. The fourth-order valence-corrected chi connectivity index (χ4v) is 63.1. The second-order valence-corrected chi connectivity index (χ2v) is 52.2. The lowest BCUT2D eigenvalue weighted by Gasteiger charge is -2.57. The van der Waals surface area contributed by atoms with Gasteiger partial charge in [0.2, 0.25) is 0 Å². The Balaban J connectivity index is 1.28. The Bertz CT molecular complexity index is 3780. The van der Waals surface area contributed by atoms with Crippen molar-refractivity contribution in [1.82, 2.24) is 0 Å². The number of hydrogen-bond acceptors (Lipinski definition) is 17. The third kappa shape index (κ3) is 14.1. The summed E-state index contributed by atoms with van der Waals surface area (Å²) in [5, 5.41) is 4.36. The zero-order valence-corrected chi connectivity index (χ0v) is 61.2. The maximum atomic E-state index is 13.2. The van der Waals surface area contributed by atoms with Crippen LogP contribution >= 0.6 is 0 Å². The largest absolute Gasteiger partial charge is 0.515 e. The van der Waals surface area contributed by atoms with Crippen LogP contribution in [0, 0.1) is 0 Å². The van der Waals surface area contributed by atoms with Crippen LogP contribution in [0.15, 0.2) is 267 Å². The highest BCUT2D eigenvalue weighted by Crippen LogP contribution is 2.44. The van der Waals surface area contributed by atoms with Gasteiger partial charge in [0.15, 0.2) is 0 Å². The number of carbonyl (C=O) groups is 2. The van der Waals surface area contributed by atoms with E-state index in [9.17, 15) is 9.59 Å². The molecule has 6 bridgehead atoms. The first kappa shape index (κ1) is 64.9. The van der Waals surface area contributed by atoms with Crippen LogP contribution < -0.4 is 41.5 Å². The van der Waals surface area contributed by atoms with Gasteiger partial charge in [-0.15, -0.1) is 0 Å². The van der Waals surface area contributed by atoms with Crippen molar-refractivity contribution in [2.24, 2.45) is 0 Å². The number of ether oxygens (including phenoxy) is 2. The summed E-state index contributed by atoms with van der Waals surface area (Å²) in [5.74, 6) is -1.07. The van der Waals surface area contributed by atoms with E-state index in [0.717, 1.165) is 5.19 Å². The molecule has 4 aliphatic rings. The smallest absolute Gasteiger partial charge is 0.462 e. The summed E-state index contributed by atoms with van der Waals surface area (Å²) in [5.41, 5.74) is 0.518. The molecule has 0 aliphatic carbocycles. The van der Waals surface area contributed by atoms with Gasteiger partial charge in [-0.1, -0.05) is 256 Å².